The highest BCUT2D eigenvalue weighted by Crippen LogP contribution is 2.30. The number of amides is 2. The van der Waals surface area contributed by atoms with Crippen LogP contribution in [-0.2, 0) is 0 Å². The molecule has 24 heavy (non-hydrogen) atoms. The summed E-state index contributed by atoms with van der Waals surface area (Å²) < 4.78 is 5.76. The lowest BCUT2D eigenvalue weighted by Gasteiger charge is -2.37. The van der Waals surface area contributed by atoms with Crippen LogP contribution < -0.4 is 15.4 Å². The quantitative estimate of drug-likeness (QED) is 0.880. The number of hydrogen-bond acceptors (Lipinski definition) is 4. The van der Waals surface area contributed by atoms with Gasteiger partial charge < -0.3 is 20.3 Å². The Morgan fingerprint density at radius 3 is 3.00 bits per heavy atom. The van der Waals surface area contributed by atoms with Crippen LogP contribution >= 0.6 is 0 Å². The molecule has 0 saturated carbocycles. The number of para-hydroxylation sites is 1. The van der Waals surface area contributed by atoms with Crippen molar-refractivity contribution in [3.05, 3.63) is 29.8 Å². The molecular weight excluding hydrogens is 304 g/mol. The SMILES string of the molecule is CN1CCN(C)[C@H](CNC(=O)N[C@@H]2CCCOc3ccccc32)C1. The zero-order valence-electron chi connectivity index (χ0n) is 14.6. The second kappa shape index (κ2) is 7.85. The number of urea groups is 1. The van der Waals surface area contributed by atoms with Crippen LogP contribution in [0.5, 0.6) is 5.75 Å². The topological polar surface area (TPSA) is 56.8 Å². The highest BCUT2D eigenvalue weighted by Gasteiger charge is 2.24. The van der Waals surface area contributed by atoms with Gasteiger partial charge in [-0.3, -0.25) is 4.90 Å². The molecule has 2 heterocycles. The molecule has 0 aromatic heterocycles. The van der Waals surface area contributed by atoms with E-state index in [-0.39, 0.29) is 12.1 Å². The zero-order chi connectivity index (χ0) is 16.9. The summed E-state index contributed by atoms with van der Waals surface area (Å²) in [5.41, 5.74) is 1.07. The molecule has 2 atom stereocenters. The van der Waals surface area contributed by atoms with Crippen molar-refractivity contribution in [2.45, 2.75) is 24.9 Å². The number of nitrogens with zero attached hydrogens (tertiary/aromatic N) is 2. The summed E-state index contributed by atoms with van der Waals surface area (Å²) in [6, 6.07) is 8.24. The third-order valence-corrected chi connectivity index (χ3v) is 4.97. The van der Waals surface area contributed by atoms with Gasteiger partial charge in [0.25, 0.3) is 0 Å². The Balaban J connectivity index is 1.55. The highest BCUT2D eigenvalue weighted by atomic mass is 16.5. The normalized spacial score (nSPS) is 25.2. The van der Waals surface area contributed by atoms with E-state index >= 15 is 0 Å². The van der Waals surface area contributed by atoms with E-state index in [9.17, 15) is 4.79 Å². The minimum absolute atomic E-state index is 0.00968. The molecule has 3 rings (SSSR count). The van der Waals surface area contributed by atoms with Crippen LogP contribution in [0.25, 0.3) is 0 Å². The number of carbonyl (C=O) groups is 1. The number of nitrogens with one attached hydrogen (secondary N) is 2. The number of ether oxygens (including phenoxy) is 1. The molecule has 1 fully saturated rings. The molecule has 2 amide bonds. The Hall–Kier alpha value is -1.79. The number of piperazine rings is 1. The van der Waals surface area contributed by atoms with Crippen molar-refractivity contribution in [1.29, 1.82) is 0 Å². The van der Waals surface area contributed by atoms with Gasteiger partial charge in [-0.1, -0.05) is 18.2 Å². The van der Waals surface area contributed by atoms with Gasteiger partial charge in [0, 0.05) is 37.8 Å². The van der Waals surface area contributed by atoms with Crippen LogP contribution in [0.15, 0.2) is 24.3 Å². The summed E-state index contributed by atoms with van der Waals surface area (Å²) >= 11 is 0. The van der Waals surface area contributed by atoms with Crippen LogP contribution in [0.2, 0.25) is 0 Å². The van der Waals surface area contributed by atoms with Gasteiger partial charge in [0.1, 0.15) is 5.75 Å². The van der Waals surface area contributed by atoms with Gasteiger partial charge in [-0.15, -0.1) is 0 Å². The smallest absolute Gasteiger partial charge is 0.315 e. The second-order valence-corrected chi connectivity index (χ2v) is 6.83. The lowest BCUT2D eigenvalue weighted by atomic mass is 10.0. The van der Waals surface area contributed by atoms with Gasteiger partial charge >= 0.3 is 6.03 Å². The first-order valence-electron chi connectivity index (χ1n) is 8.78. The molecule has 2 aliphatic rings. The second-order valence-electron chi connectivity index (χ2n) is 6.83. The monoisotopic (exact) mass is 332 g/mol. The highest BCUT2D eigenvalue weighted by molar-refractivity contribution is 5.74. The average Bonchev–Trinajstić information content (AvgIpc) is 2.78. The number of hydrogen-bond donors (Lipinski definition) is 2. The van der Waals surface area contributed by atoms with Gasteiger partial charge in [-0.2, -0.15) is 0 Å². The van der Waals surface area contributed by atoms with Crippen LogP contribution in [0.4, 0.5) is 4.79 Å². The summed E-state index contributed by atoms with van der Waals surface area (Å²) in [6.45, 7) is 4.47. The minimum atomic E-state index is -0.0988. The van der Waals surface area contributed by atoms with Crippen molar-refractivity contribution in [3.8, 4) is 5.75 Å². The van der Waals surface area contributed by atoms with E-state index in [0.717, 1.165) is 43.8 Å². The first kappa shape index (κ1) is 17.0. The number of likely N-dealkylation sites (N-methyl/N-ethyl adjacent to an activating group) is 2. The van der Waals surface area contributed by atoms with Crippen LogP contribution in [0.3, 0.4) is 0 Å². The van der Waals surface area contributed by atoms with Crippen molar-refractivity contribution in [3.63, 3.8) is 0 Å². The summed E-state index contributed by atoms with van der Waals surface area (Å²) in [4.78, 5) is 17.0. The molecule has 1 saturated heterocycles. The standard InChI is InChI=1S/C18H28N4O2/c1-21-9-10-22(2)14(13-21)12-19-18(23)20-16-7-5-11-24-17-8-4-3-6-15(16)17/h3-4,6,8,14,16H,5,7,9-13H2,1-2H3,(H2,19,20,23)/t14-,16-/m1/s1. The minimum Gasteiger partial charge on any atom is -0.493 e. The van der Waals surface area contributed by atoms with Gasteiger partial charge in [0.05, 0.1) is 12.6 Å². The molecule has 0 radical (unpaired) electrons. The van der Waals surface area contributed by atoms with Crippen molar-refractivity contribution < 1.29 is 9.53 Å². The number of carbonyl (C=O) groups excluding carboxylic acids is 1. The van der Waals surface area contributed by atoms with Gasteiger partial charge in [0.2, 0.25) is 0 Å². The predicted octanol–water partition coefficient (Wildman–Crippen LogP) is 1.45. The maximum absolute atomic E-state index is 12.4. The summed E-state index contributed by atoms with van der Waals surface area (Å²) in [7, 11) is 4.25. The molecule has 1 aromatic rings. The molecule has 0 bridgehead atoms. The number of rotatable bonds is 3. The molecule has 2 aliphatic heterocycles. The summed E-state index contributed by atoms with van der Waals surface area (Å²) in [5, 5.41) is 6.16. The summed E-state index contributed by atoms with van der Waals surface area (Å²) in [5.74, 6) is 0.883. The fourth-order valence-electron chi connectivity index (χ4n) is 3.42. The van der Waals surface area contributed by atoms with E-state index in [4.69, 9.17) is 4.74 Å². The lowest BCUT2D eigenvalue weighted by Crippen LogP contribution is -2.55. The Bertz CT molecular complexity index is 566. The Morgan fingerprint density at radius 2 is 2.12 bits per heavy atom. The Labute approximate surface area is 144 Å². The molecule has 2 N–H and O–H groups in total. The van der Waals surface area contributed by atoms with Crippen molar-refractivity contribution in [1.82, 2.24) is 20.4 Å². The van der Waals surface area contributed by atoms with E-state index in [0.29, 0.717) is 19.2 Å². The maximum Gasteiger partial charge on any atom is 0.315 e. The summed E-state index contributed by atoms with van der Waals surface area (Å²) in [6.07, 6.45) is 1.84. The molecule has 1 aromatic carbocycles. The maximum atomic E-state index is 12.4. The molecule has 6 heteroatoms. The number of benzene rings is 1. The van der Waals surface area contributed by atoms with Gasteiger partial charge in [-0.25, -0.2) is 4.79 Å². The van der Waals surface area contributed by atoms with Crippen LogP contribution in [-0.4, -0.2) is 68.8 Å². The van der Waals surface area contributed by atoms with E-state index in [2.05, 4.69) is 34.5 Å². The van der Waals surface area contributed by atoms with Gasteiger partial charge in [-0.05, 0) is 33.0 Å². The van der Waals surface area contributed by atoms with Crippen LogP contribution in [0, 0.1) is 0 Å². The van der Waals surface area contributed by atoms with E-state index in [1.54, 1.807) is 0 Å². The molecule has 132 valence electrons. The van der Waals surface area contributed by atoms with E-state index in [1.165, 1.54) is 0 Å². The molecule has 0 spiro atoms. The average molecular weight is 332 g/mol. The fraction of sp³-hybridized carbons (Fsp3) is 0.611. The Kier molecular flexibility index (Phi) is 5.58. The third-order valence-electron chi connectivity index (χ3n) is 4.97. The van der Waals surface area contributed by atoms with Crippen molar-refractivity contribution in [2.75, 3.05) is 46.9 Å². The van der Waals surface area contributed by atoms with Crippen molar-refractivity contribution >= 4 is 6.03 Å². The molecule has 0 unspecified atom stereocenters. The number of fused-ring (bicyclic) bond motifs is 1. The largest absolute Gasteiger partial charge is 0.493 e. The fourth-order valence-corrected chi connectivity index (χ4v) is 3.42. The van der Waals surface area contributed by atoms with Gasteiger partial charge in [0.15, 0.2) is 0 Å². The third kappa shape index (κ3) is 4.19. The predicted molar refractivity (Wildman–Crippen MR) is 94.4 cm³/mol. The zero-order valence-corrected chi connectivity index (χ0v) is 14.6. The molecule has 6 nitrogen and oxygen atoms in total. The van der Waals surface area contributed by atoms with E-state index in [1.807, 2.05) is 24.3 Å². The molecular formula is C18H28N4O2. The lowest BCUT2D eigenvalue weighted by molar-refractivity contribution is 0.114. The van der Waals surface area contributed by atoms with Crippen LogP contribution in [0.1, 0.15) is 24.4 Å². The molecule has 0 aliphatic carbocycles. The van der Waals surface area contributed by atoms with E-state index < -0.39 is 0 Å². The first-order valence-corrected chi connectivity index (χ1v) is 8.78. The van der Waals surface area contributed by atoms with Crippen molar-refractivity contribution in [2.24, 2.45) is 0 Å². The first-order chi connectivity index (χ1) is 11.6. The Morgan fingerprint density at radius 1 is 1.29 bits per heavy atom.